The third kappa shape index (κ3) is 35.4. The fourth-order valence-electron chi connectivity index (χ4n) is 2.89. The molecule has 9 aromatic rings. The molecule has 0 aromatic heterocycles. The van der Waals surface area contributed by atoms with E-state index in [4.69, 9.17) is 0 Å². The van der Waals surface area contributed by atoms with Crippen LogP contribution in [0.1, 0.15) is 0 Å². The minimum atomic E-state index is 0. The van der Waals surface area contributed by atoms with Crippen molar-refractivity contribution in [3.63, 3.8) is 0 Å². The van der Waals surface area contributed by atoms with Gasteiger partial charge < -0.3 is 0 Å². The summed E-state index contributed by atoms with van der Waals surface area (Å²) in [7, 11) is 0. The monoisotopic (exact) mass is 823 g/mol. The van der Waals surface area contributed by atoms with Crippen molar-refractivity contribution in [3.05, 3.63) is 273 Å². The van der Waals surface area contributed by atoms with E-state index in [0.29, 0.717) is 0 Å². The van der Waals surface area contributed by atoms with Crippen LogP contribution in [-0.2, 0) is 0 Å². The maximum Gasteiger partial charge on any atom is 0 e. The van der Waals surface area contributed by atoms with Crippen LogP contribution in [0.15, 0.2) is 273 Å². The van der Waals surface area contributed by atoms with Crippen molar-refractivity contribution in [3.8, 4) is 0 Å². The Morgan fingerprint density at radius 3 is 0.217 bits per heavy atom. The smallest absolute Gasteiger partial charge is 0 e. The molecule has 0 amide bonds. The van der Waals surface area contributed by atoms with E-state index in [0.717, 1.165) is 0 Å². The van der Waals surface area contributed by atoms with Gasteiger partial charge in [0.15, 0.2) is 0 Å². The van der Waals surface area contributed by atoms with E-state index in [2.05, 4.69) is 0 Å². The summed E-state index contributed by atoms with van der Waals surface area (Å²) in [5.41, 5.74) is 0. The third-order valence-corrected chi connectivity index (χ3v) is 5.00. The van der Waals surface area contributed by atoms with E-state index < -0.39 is 0 Å². The summed E-state index contributed by atoms with van der Waals surface area (Å²) in [5.74, 6) is 0. The van der Waals surface area contributed by atoms with Gasteiger partial charge >= 0.3 is 0 Å². The quantitative estimate of drug-likeness (QED) is 0.134. The third-order valence-electron chi connectivity index (χ3n) is 5.00. The fraction of sp³-hybridized carbons (Fsp3) is 0. The molecule has 0 nitrogen and oxygen atoms in total. The summed E-state index contributed by atoms with van der Waals surface area (Å²) in [6.45, 7) is 0. The molecule has 0 aliphatic heterocycles. The average Bonchev–Trinajstić information content (AvgIpc) is 4.02. The summed E-state index contributed by atoms with van der Waals surface area (Å²) in [5, 5.41) is 0. The van der Waals surface area contributed by atoms with Gasteiger partial charge in [-0.25, -0.2) is 109 Å². The summed E-state index contributed by atoms with van der Waals surface area (Å²) in [6.07, 6.45) is 0. The van der Waals surface area contributed by atoms with Crippen LogP contribution in [0.2, 0.25) is 0 Å². The largest absolute Gasteiger partial charge is 0.214 e. The predicted octanol–water partition coefficient (Wildman–Crippen LogP) is 12.6. The number of hydrogen-bond acceptors (Lipinski definition) is 0. The normalized spacial score (nSPS) is 7.83. The minimum Gasteiger partial charge on any atom is -0.214 e. The van der Waals surface area contributed by atoms with Crippen LogP contribution in [0, 0.1) is 31.1 Å². The van der Waals surface area contributed by atoms with Crippen LogP contribution < -0.4 is 0 Å². The van der Waals surface area contributed by atoms with Gasteiger partial charge in [-0.15, -0.1) is 0 Å². The van der Waals surface area contributed by atoms with E-state index in [1.54, 1.807) is 0 Å². The summed E-state index contributed by atoms with van der Waals surface area (Å²) in [6, 6.07) is 90.0. The van der Waals surface area contributed by atoms with Gasteiger partial charge in [-0.2, -0.15) is 164 Å². The van der Waals surface area contributed by atoms with Crippen molar-refractivity contribution in [2.45, 2.75) is 0 Å². The Morgan fingerprint density at radius 2 is 0.196 bits per heavy atom. The Kier molecular flexibility index (Phi) is 34.2. The molecule has 0 N–H and O–H groups in total. The standard InChI is InChI=1S/9C5H5.U/c9*1-2-4-5-3-1;/h9*1-5H;/q9*-1;. The van der Waals surface area contributed by atoms with Crippen molar-refractivity contribution in [2.75, 3.05) is 0 Å². The fourth-order valence-corrected chi connectivity index (χ4v) is 2.89. The molecular formula is C45H45U-9. The molecule has 0 saturated carbocycles. The van der Waals surface area contributed by atoms with Crippen molar-refractivity contribution < 1.29 is 31.1 Å². The van der Waals surface area contributed by atoms with Gasteiger partial charge in [0.05, 0.1) is 0 Å². The van der Waals surface area contributed by atoms with Crippen LogP contribution in [-0.4, -0.2) is 0 Å². The second-order valence-corrected chi connectivity index (χ2v) is 8.66. The zero-order valence-corrected chi connectivity index (χ0v) is 30.6. The minimum absolute atomic E-state index is 0. The first-order valence-electron chi connectivity index (χ1n) is 15.0. The van der Waals surface area contributed by atoms with E-state index in [1.807, 2.05) is 273 Å². The van der Waals surface area contributed by atoms with Gasteiger partial charge in [0.25, 0.3) is 0 Å². The van der Waals surface area contributed by atoms with Crippen LogP contribution in [0.5, 0.6) is 0 Å². The zero-order chi connectivity index (χ0) is 31.8. The van der Waals surface area contributed by atoms with Crippen molar-refractivity contribution in [1.29, 1.82) is 0 Å². The molecule has 9 rings (SSSR count). The zero-order valence-electron chi connectivity index (χ0n) is 26.5. The summed E-state index contributed by atoms with van der Waals surface area (Å²) >= 11 is 0. The second-order valence-electron chi connectivity index (χ2n) is 8.66. The van der Waals surface area contributed by atoms with Crippen LogP contribution in [0.3, 0.4) is 0 Å². The molecule has 0 radical (unpaired) electrons. The molecule has 0 atom stereocenters. The van der Waals surface area contributed by atoms with Gasteiger partial charge in [-0.05, 0) is 0 Å². The average molecular weight is 824 g/mol. The van der Waals surface area contributed by atoms with Gasteiger partial charge in [-0.1, -0.05) is 0 Å². The van der Waals surface area contributed by atoms with Crippen molar-refractivity contribution >= 4 is 0 Å². The van der Waals surface area contributed by atoms with Gasteiger partial charge in [0.2, 0.25) is 0 Å². The van der Waals surface area contributed by atoms with E-state index >= 15 is 0 Å². The van der Waals surface area contributed by atoms with E-state index in [1.165, 1.54) is 0 Å². The van der Waals surface area contributed by atoms with Gasteiger partial charge in [0.1, 0.15) is 0 Å². The SMILES string of the molecule is [U].c1cc[cH-]c1.c1cc[cH-]c1.c1cc[cH-]c1.c1cc[cH-]c1.c1cc[cH-]c1.c1cc[cH-]c1.c1cc[cH-]c1.c1cc[cH-]c1.c1cc[cH-]c1. The Morgan fingerprint density at radius 1 is 0.130 bits per heavy atom. The molecule has 0 fully saturated rings. The van der Waals surface area contributed by atoms with Crippen LogP contribution in [0.25, 0.3) is 0 Å². The summed E-state index contributed by atoms with van der Waals surface area (Å²) in [4.78, 5) is 0. The molecule has 0 spiro atoms. The first-order chi connectivity index (χ1) is 22.5. The second kappa shape index (κ2) is 38.2. The molecule has 0 bridgehead atoms. The Bertz CT molecular complexity index is 890. The maximum atomic E-state index is 2.00. The summed E-state index contributed by atoms with van der Waals surface area (Å²) < 4.78 is 0. The van der Waals surface area contributed by atoms with E-state index in [-0.39, 0.29) is 31.1 Å². The molecule has 9 aromatic carbocycles. The first kappa shape index (κ1) is 41.2. The van der Waals surface area contributed by atoms with Crippen molar-refractivity contribution in [2.24, 2.45) is 0 Å². The number of rotatable bonds is 0. The Hall–Kier alpha value is -4.80. The number of hydrogen-bond donors (Lipinski definition) is 0. The predicted molar refractivity (Wildman–Crippen MR) is 198 cm³/mol. The molecule has 1 heteroatoms. The van der Waals surface area contributed by atoms with Crippen molar-refractivity contribution in [1.82, 2.24) is 0 Å². The Balaban J connectivity index is 0.000000494. The topological polar surface area (TPSA) is 0 Å². The molecule has 0 unspecified atom stereocenters. The first-order valence-corrected chi connectivity index (χ1v) is 15.0. The molecule has 46 heavy (non-hydrogen) atoms. The maximum absolute atomic E-state index is 2.00. The molecule has 0 aliphatic rings. The molecule has 0 aliphatic carbocycles. The Labute approximate surface area is 302 Å². The van der Waals surface area contributed by atoms with Crippen LogP contribution >= 0.6 is 0 Å². The van der Waals surface area contributed by atoms with E-state index in [9.17, 15) is 0 Å². The van der Waals surface area contributed by atoms with Gasteiger partial charge in [0, 0.05) is 31.1 Å². The molecule has 238 valence electrons. The molecule has 0 heterocycles. The molecule has 0 saturated heterocycles. The molecular weight excluding hydrogens is 779 g/mol. The van der Waals surface area contributed by atoms with Gasteiger partial charge in [-0.3, -0.25) is 0 Å². The van der Waals surface area contributed by atoms with Crippen LogP contribution in [0.4, 0.5) is 0 Å².